The van der Waals surface area contributed by atoms with Crippen LogP contribution in [0.2, 0.25) is 0 Å². The van der Waals surface area contributed by atoms with Gasteiger partial charge in [-0.1, -0.05) is 30.3 Å². The maximum atomic E-state index is 11.0. The molecule has 0 aliphatic rings. The third kappa shape index (κ3) is 1.32. The molecule has 0 aliphatic carbocycles. The van der Waals surface area contributed by atoms with Crippen LogP contribution in [0.25, 0.3) is 21.7 Å². The Morgan fingerprint density at radius 1 is 1.18 bits per heavy atom. The Bertz CT molecular complexity index is 738. The summed E-state index contributed by atoms with van der Waals surface area (Å²) in [5.74, 6) is -1.00. The van der Waals surface area contributed by atoms with Crippen molar-refractivity contribution in [2.24, 2.45) is 0 Å². The average molecular weight is 226 g/mol. The highest BCUT2D eigenvalue weighted by molar-refractivity contribution is 6.10. The second-order valence-corrected chi connectivity index (χ2v) is 4.02. The standard InChI is InChI=1S/C14H10O3/c1-8-12-10-5-3-2-4-9(10)6-7-11(12)17-13(8)14(15)16/h2-7H,1H3,(H,15,16). The summed E-state index contributed by atoms with van der Waals surface area (Å²) in [4.78, 5) is 11.0. The third-order valence-corrected chi connectivity index (χ3v) is 3.01. The molecule has 0 amide bonds. The second kappa shape index (κ2) is 3.35. The molecule has 0 aliphatic heterocycles. The Kier molecular flexibility index (Phi) is 1.95. The molecule has 3 nitrogen and oxygen atoms in total. The molecule has 84 valence electrons. The van der Waals surface area contributed by atoms with E-state index in [2.05, 4.69) is 0 Å². The first-order valence-electron chi connectivity index (χ1n) is 5.32. The lowest BCUT2D eigenvalue weighted by molar-refractivity contribution is 0.0664. The normalized spacial score (nSPS) is 11.1. The average Bonchev–Trinajstić information content (AvgIpc) is 2.67. The highest BCUT2D eigenvalue weighted by atomic mass is 16.4. The second-order valence-electron chi connectivity index (χ2n) is 4.02. The Labute approximate surface area is 97.3 Å². The minimum Gasteiger partial charge on any atom is -0.475 e. The molecule has 0 bridgehead atoms. The molecule has 0 fully saturated rings. The minimum absolute atomic E-state index is 0.0244. The lowest BCUT2D eigenvalue weighted by Crippen LogP contribution is -1.95. The van der Waals surface area contributed by atoms with Gasteiger partial charge in [0.05, 0.1) is 0 Å². The maximum Gasteiger partial charge on any atom is 0.372 e. The van der Waals surface area contributed by atoms with E-state index in [-0.39, 0.29) is 5.76 Å². The minimum atomic E-state index is -1.03. The van der Waals surface area contributed by atoms with Gasteiger partial charge in [0.25, 0.3) is 0 Å². The number of hydrogen-bond donors (Lipinski definition) is 1. The molecule has 0 saturated heterocycles. The van der Waals surface area contributed by atoms with Crippen LogP contribution in [-0.4, -0.2) is 11.1 Å². The number of hydrogen-bond acceptors (Lipinski definition) is 2. The third-order valence-electron chi connectivity index (χ3n) is 3.01. The van der Waals surface area contributed by atoms with Crippen LogP contribution in [0.4, 0.5) is 0 Å². The highest BCUT2D eigenvalue weighted by Crippen LogP contribution is 2.31. The van der Waals surface area contributed by atoms with Gasteiger partial charge >= 0.3 is 5.97 Å². The molecule has 1 heterocycles. The van der Waals surface area contributed by atoms with Gasteiger partial charge in [0.15, 0.2) is 0 Å². The van der Waals surface area contributed by atoms with Crippen LogP contribution < -0.4 is 0 Å². The van der Waals surface area contributed by atoms with Gasteiger partial charge in [0, 0.05) is 10.9 Å². The molecule has 1 aromatic heterocycles. The molecule has 0 saturated carbocycles. The van der Waals surface area contributed by atoms with Gasteiger partial charge in [0.1, 0.15) is 5.58 Å². The maximum absolute atomic E-state index is 11.0. The van der Waals surface area contributed by atoms with Gasteiger partial charge < -0.3 is 9.52 Å². The summed E-state index contributed by atoms with van der Waals surface area (Å²) in [7, 11) is 0. The van der Waals surface area contributed by atoms with E-state index in [9.17, 15) is 4.79 Å². The summed E-state index contributed by atoms with van der Waals surface area (Å²) in [5.41, 5.74) is 1.31. The number of carboxylic acid groups (broad SMARTS) is 1. The molecule has 2 aromatic carbocycles. The summed E-state index contributed by atoms with van der Waals surface area (Å²) >= 11 is 0. The molecule has 3 rings (SSSR count). The first kappa shape index (κ1) is 9.90. The zero-order valence-electron chi connectivity index (χ0n) is 9.23. The van der Waals surface area contributed by atoms with Crippen LogP contribution >= 0.6 is 0 Å². The largest absolute Gasteiger partial charge is 0.475 e. The Hall–Kier alpha value is -2.29. The van der Waals surface area contributed by atoms with E-state index >= 15 is 0 Å². The van der Waals surface area contributed by atoms with Crippen molar-refractivity contribution in [2.75, 3.05) is 0 Å². The molecule has 17 heavy (non-hydrogen) atoms. The monoisotopic (exact) mass is 226 g/mol. The van der Waals surface area contributed by atoms with Crippen molar-refractivity contribution >= 4 is 27.7 Å². The van der Waals surface area contributed by atoms with Crippen LogP contribution in [0.1, 0.15) is 16.1 Å². The number of aromatic carboxylic acids is 1. The molecule has 1 N–H and O–H groups in total. The van der Waals surface area contributed by atoms with Crippen molar-refractivity contribution in [3.05, 3.63) is 47.7 Å². The molecular weight excluding hydrogens is 216 g/mol. The van der Waals surface area contributed by atoms with Crippen molar-refractivity contribution < 1.29 is 14.3 Å². The number of furan rings is 1. The van der Waals surface area contributed by atoms with Crippen molar-refractivity contribution in [2.45, 2.75) is 6.92 Å². The number of fused-ring (bicyclic) bond motifs is 3. The summed E-state index contributed by atoms with van der Waals surface area (Å²) in [6.45, 7) is 1.78. The topological polar surface area (TPSA) is 50.4 Å². The first-order valence-corrected chi connectivity index (χ1v) is 5.32. The van der Waals surface area contributed by atoms with Crippen molar-refractivity contribution in [1.82, 2.24) is 0 Å². The van der Waals surface area contributed by atoms with Gasteiger partial charge in [0.2, 0.25) is 5.76 Å². The van der Waals surface area contributed by atoms with Crippen molar-refractivity contribution in [3.8, 4) is 0 Å². The molecule has 0 spiro atoms. The van der Waals surface area contributed by atoms with Crippen LogP contribution in [0.15, 0.2) is 40.8 Å². The fourth-order valence-electron chi connectivity index (χ4n) is 2.23. The van der Waals surface area contributed by atoms with Gasteiger partial charge in [-0.05, 0) is 23.8 Å². The number of benzene rings is 2. The smallest absolute Gasteiger partial charge is 0.372 e. The molecular formula is C14H10O3. The van der Waals surface area contributed by atoms with E-state index in [1.807, 2.05) is 36.4 Å². The van der Waals surface area contributed by atoms with Crippen LogP contribution in [-0.2, 0) is 0 Å². The molecule has 3 heteroatoms. The number of carbonyl (C=O) groups is 1. The molecule has 0 radical (unpaired) electrons. The summed E-state index contributed by atoms with van der Waals surface area (Å²) < 4.78 is 5.37. The fraction of sp³-hybridized carbons (Fsp3) is 0.0714. The Morgan fingerprint density at radius 3 is 2.71 bits per heavy atom. The molecule has 0 atom stereocenters. The van der Waals surface area contributed by atoms with E-state index in [1.54, 1.807) is 6.92 Å². The predicted octanol–water partition coefficient (Wildman–Crippen LogP) is 3.59. The zero-order valence-corrected chi connectivity index (χ0v) is 9.23. The predicted molar refractivity (Wildman–Crippen MR) is 65.4 cm³/mol. The van der Waals surface area contributed by atoms with Crippen molar-refractivity contribution in [3.63, 3.8) is 0 Å². The van der Waals surface area contributed by atoms with E-state index in [4.69, 9.17) is 9.52 Å². The van der Waals surface area contributed by atoms with Gasteiger partial charge in [-0.15, -0.1) is 0 Å². The first-order chi connectivity index (χ1) is 8.18. The Morgan fingerprint density at radius 2 is 1.94 bits per heavy atom. The van der Waals surface area contributed by atoms with E-state index < -0.39 is 5.97 Å². The van der Waals surface area contributed by atoms with Crippen LogP contribution in [0, 0.1) is 6.92 Å². The number of rotatable bonds is 1. The van der Waals surface area contributed by atoms with Gasteiger partial charge in [-0.25, -0.2) is 4.79 Å². The van der Waals surface area contributed by atoms with Crippen molar-refractivity contribution in [1.29, 1.82) is 0 Å². The van der Waals surface area contributed by atoms with Crippen LogP contribution in [0.5, 0.6) is 0 Å². The lowest BCUT2D eigenvalue weighted by atomic mass is 10.0. The molecule has 3 aromatic rings. The van der Waals surface area contributed by atoms with E-state index in [0.29, 0.717) is 11.1 Å². The highest BCUT2D eigenvalue weighted by Gasteiger charge is 2.17. The van der Waals surface area contributed by atoms with E-state index in [0.717, 1.165) is 16.2 Å². The van der Waals surface area contributed by atoms with Gasteiger partial charge in [-0.2, -0.15) is 0 Å². The zero-order chi connectivity index (χ0) is 12.0. The molecule has 0 unspecified atom stereocenters. The quantitative estimate of drug-likeness (QED) is 0.689. The summed E-state index contributed by atoms with van der Waals surface area (Å²) in [6, 6.07) is 11.6. The SMILES string of the molecule is Cc1c(C(=O)O)oc2ccc3ccccc3c12. The van der Waals surface area contributed by atoms with Crippen LogP contribution in [0.3, 0.4) is 0 Å². The summed E-state index contributed by atoms with van der Waals surface area (Å²) in [6.07, 6.45) is 0. The Balaban J connectivity index is 2.53. The van der Waals surface area contributed by atoms with Gasteiger partial charge in [-0.3, -0.25) is 0 Å². The number of carboxylic acids is 1. The lowest BCUT2D eigenvalue weighted by Gasteiger charge is -1.98. The number of aryl methyl sites for hydroxylation is 1. The summed E-state index contributed by atoms with van der Waals surface area (Å²) in [5, 5.41) is 12.0. The van der Waals surface area contributed by atoms with E-state index in [1.165, 1.54) is 0 Å². The fourth-order valence-corrected chi connectivity index (χ4v) is 2.23.